The van der Waals surface area contributed by atoms with Gasteiger partial charge in [0.25, 0.3) is 0 Å². The first-order chi connectivity index (χ1) is 10.9. The normalized spacial score (nSPS) is 13.0. The third-order valence-electron chi connectivity index (χ3n) is 3.77. The second-order valence-electron chi connectivity index (χ2n) is 5.31. The van der Waals surface area contributed by atoms with E-state index in [0.717, 1.165) is 22.3 Å². The van der Waals surface area contributed by atoms with Gasteiger partial charge in [0.05, 0.1) is 0 Å². The Bertz CT molecular complexity index is 755. The minimum absolute atomic E-state index is 0.0104. The smallest absolute Gasteiger partial charge is 0.349 e. The quantitative estimate of drug-likeness (QED) is 0.876. The van der Waals surface area contributed by atoms with Crippen LogP contribution in [0.4, 0.5) is 0 Å². The van der Waals surface area contributed by atoms with Crippen LogP contribution in [0.25, 0.3) is 0 Å². The molecule has 0 radical (unpaired) electrons. The molecule has 2 heterocycles. The molecule has 1 aliphatic rings. The molecule has 0 saturated carbocycles. The summed E-state index contributed by atoms with van der Waals surface area (Å²) in [6, 6.07) is 3.95. The molecule has 23 heavy (non-hydrogen) atoms. The number of carbonyl (C=O) groups is 2. The monoisotopic (exact) mass is 334 g/mol. The van der Waals surface area contributed by atoms with Crippen molar-refractivity contribution in [3.05, 3.63) is 44.1 Å². The highest BCUT2D eigenvalue weighted by Gasteiger charge is 2.30. The number of benzene rings is 1. The summed E-state index contributed by atoms with van der Waals surface area (Å²) in [4.78, 5) is 22.3. The van der Waals surface area contributed by atoms with E-state index >= 15 is 0 Å². The molecule has 0 amide bonds. The van der Waals surface area contributed by atoms with Crippen molar-refractivity contribution in [3.63, 3.8) is 0 Å². The number of fused-ring (bicyclic) bond motifs is 2. The van der Waals surface area contributed by atoms with Gasteiger partial charge in [0.15, 0.2) is 21.3 Å². The predicted molar refractivity (Wildman–Crippen MR) is 82.8 cm³/mol. The molecule has 6 nitrogen and oxygen atoms in total. The molecule has 7 heteroatoms. The fraction of sp³-hybridized carbons (Fsp3) is 0.250. The summed E-state index contributed by atoms with van der Waals surface area (Å²) < 4.78 is 11.2. The lowest BCUT2D eigenvalue weighted by molar-refractivity contribution is 0.0683. The predicted octanol–water partition coefficient (Wildman–Crippen LogP) is 3.23. The van der Waals surface area contributed by atoms with Gasteiger partial charge in [-0.3, -0.25) is 0 Å². The molecule has 3 rings (SSSR count). The molecule has 2 N–H and O–H groups in total. The molecule has 0 spiro atoms. The first-order valence-electron chi connectivity index (χ1n) is 6.86. The van der Waals surface area contributed by atoms with Crippen LogP contribution in [-0.2, 0) is 13.2 Å². The number of aryl methyl sites for hydroxylation is 2. The van der Waals surface area contributed by atoms with Crippen LogP contribution < -0.4 is 9.47 Å². The second-order valence-corrected chi connectivity index (χ2v) is 6.33. The zero-order valence-corrected chi connectivity index (χ0v) is 13.3. The van der Waals surface area contributed by atoms with Gasteiger partial charge in [-0.25, -0.2) is 9.59 Å². The number of carboxylic acid groups (broad SMARTS) is 2. The fourth-order valence-corrected chi connectivity index (χ4v) is 3.32. The van der Waals surface area contributed by atoms with E-state index in [4.69, 9.17) is 9.47 Å². The summed E-state index contributed by atoms with van der Waals surface area (Å²) in [6.07, 6.45) is 0. The van der Waals surface area contributed by atoms with Crippen molar-refractivity contribution in [2.24, 2.45) is 0 Å². The molecule has 0 aliphatic carbocycles. The number of thiophene rings is 1. The molecule has 0 bridgehead atoms. The van der Waals surface area contributed by atoms with Crippen molar-refractivity contribution < 1.29 is 29.3 Å². The van der Waals surface area contributed by atoms with Crippen LogP contribution in [0.2, 0.25) is 0 Å². The third-order valence-corrected chi connectivity index (χ3v) is 4.90. The van der Waals surface area contributed by atoms with E-state index in [1.165, 1.54) is 0 Å². The zero-order chi connectivity index (χ0) is 16.7. The third kappa shape index (κ3) is 2.63. The van der Waals surface area contributed by atoms with E-state index in [2.05, 4.69) is 0 Å². The van der Waals surface area contributed by atoms with Crippen molar-refractivity contribution in [1.82, 2.24) is 0 Å². The molecule has 120 valence electrons. The summed E-state index contributed by atoms with van der Waals surface area (Å²) in [5.41, 5.74) is 4.00. The molecule has 0 unspecified atom stereocenters. The van der Waals surface area contributed by atoms with E-state index < -0.39 is 11.9 Å². The standard InChI is InChI=1S/C16H14O6S/c1-7-3-9-5-21-11-12(22-6-10(9)4-8(7)2)14(16(19)20)23-13(11)15(17)18/h3-4H,5-6H2,1-2H3,(H,17,18)(H,19,20). The molecule has 1 aliphatic heterocycles. The maximum atomic E-state index is 11.3. The summed E-state index contributed by atoms with van der Waals surface area (Å²) in [5.74, 6) is -2.49. The van der Waals surface area contributed by atoms with Crippen LogP contribution in [0, 0.1) is 13.8 Å². The Balaban J connectivity index is 2.08. The Morgan fingerprint density at radius 1 is 0.913 bits per heavy atom. The highest BCUT2D eigenvalue weighted by atomic mass is 32.1. The molecular weight excluding hydrogens is 320 g/mol. The highest BCUT2D eigenvalue weighted by Crippen LogP contribution is 2.44. The Morgan fingerprint density at radius 2 is 1.30 bits per heavy atom. The molecular formula is C16H14O6S. The van der Waals surface area contributed by atoms with Gasteiger partial charge in [0.2, 0.25) is 0 Å². The Hall–Kier alpha value is -2.54. The van der Waals surface area contributed by atoms with Crippen LogP contribution in [0.5, 0.6) is 11.5 Å². The van der Waals surface area contributed by atoms with E-state index in [1.54, 1.807) is 0 Å². The van der Waals surface area contributed by atoms with Crippen molar-refractivity contribution in [2.75, 3.05) is 0 Å². The van der Waals surface area contributed by atoms with E-state index in [9.17, 15) is 19.8 Å². The van der Waals surface area contributed by atoms with E-state index in [1.807, 2.05) is 26.0 Å². The molecule has 0 atom stereocenters. The zero-order valence-electron chi connectivity index (χ0n) is 12.5. The van der Waals surface area contributed by atoms with Crippen LogP contribution in [0.15, 0.2) is 12.1 Å². The van der Waals surface area contributed by atoms with Gasteiger partial charge in [-0.1, -0.05) is 12.1 Å². The lowest BCUT2D eigenvalue weighted by Gasteiger charge is -2.19. The van der Waals surface area contributed by atoms with Crippen molar-refractivity contribution in [2.45, 2.75) is 27.1 Å². The van der Waals surface area contributed by atoms with Crippen molar-refractivity contribution in [3.8, 4) is 11.5 Å². The first kappa shape index (κ1) is 15.4. The summed E-state index contributed by atoms with van der Waals surface area (Å²) in [6.45, 7) is 4.30. The molecule has 0 saturated heterocycles. The molecule has 2 aromatic rings. The summed E-state index contributed by atoms with van der Waals surface area (Å²) >= 11 is 0.646. The number of rotatable bonds is 2. The SMILES string of the molecule is Cc1cc2c(cc1C)COc1c(C(=O)O)sc(C(=O)O)c1OC2. The Morgan fingerprint density at radius 3 is 1.65 bits per heavy atom. The van der Waals surface area contributed by atoms with Gasteiger partial charge in [0.1, 0.15) is 13.2 Å². The lowest BCUT2D eigenvalue weighted by Crippen LogP contribution is -2.11. The van der Waals surface area contributed by atoms with Crippen LogP contribution in [-0.4, -0.2) is 22.2 Å². The maximum Gasteiger partial charge on any atom is 0.349 e. The minimum atomic E-state index is -1.23. The number of carboxylic acids is 2. The van der Waals surface area contributed by atoms with Crippen molar-refractivity contribution in [1.29, 1.82) is 0 Å². The van der Waals surface area contributed by atoms with Gasteiger partial charge >= 0.3 is 11.9 Å². The minimum Gasteiger partial charge on any atom is -0.483 e. The first-order valence-corrected chi connectivity index (χ1v) is 7.68. The highest BCUT2D eigenvalue weighted by molar-refractivity contribution is 7.16. The van der Waals surface area contributed by atoms with Gasteiger partial charge in [-0.2, -0.15) is 0 Å². The van der Waals surface area contributed by atoms with Crippen molar-refractivity contribution >= 4 is 23.3 Å². The van der Waals surface area contributed by atoms with Gasteiger partial charge in [-0.15, -0.1) is 11.3 Å². The van der Waals surface area contributed by atoms with Crippen LogP contribution >= 0.6 is 11.3 Å². The van der Waals surface area contributed by atoms with Gasteiger partial charge in [-0.05, 0) is 36.1 Å². The topological polar surface area (TPSA) is 93.1 Å². The summed E-state index contributed by atoms with van der Waals surface area (Å²) in [7, 11) is 0. The van der Waals surface area contributed by atoms with Gasteiger partial charge < -0.3 is 19.7 Å². The maximum absolute atomic E-state index is 11.3. The summed E-state index contributed by atoms with van der Waals surface area (Å²) in [5, 5.41) is 18.5. The number of aromatic carboxylic acids is 2. The number of ether oxygens (including phenoxy) is 2. The molecule has 1 aromatic heterocycles. The average molecular weight is 334 g/mol. The number of hydrogen-bond donors (Lipinski definition) is 2. The van der Waals surface area contributed by atoms with Crippen LogP contribution in [0.3, 0.4) is 0 Å². The fourth-order valence-electron chi connectivity index (χ4n) is 2.45. The van der Waals surface area contributed by atoms with E-state index in [-0.39, 0.29) is 34.5 Å². The van der Waals surface area contributed by atoms with E-state index in [0.29, 0.717) is 11.3 Å². The number of hydrogen-bond acceptors (Lipinski definition) is 5. The Kier molecular flexibility index (Phi) is 3.73. The lowest BCUT2D eigenvalue weighted by atomic mass is 10.0. The molecule has 1 aromatic carbocycles. The average Bonchev–Trinajstić information content (AvgIpc) is 2.83. The largest absolute Gasteiger partial charge is 0.483 e. The van der Waals surface area contributed by atoms with Crippen LogP contribution in [0.1, 0.15) is 41.6 Å². The Labute approximate surface area is 135 Å². The molecule has 0 fully saturated rings. The van der Waals surface area contributed by atoms with Gasteiger partial charge in [0, 0.05) is 0 Å². The second kappa shape index (κ2) is 5.58.